The number of hydrogen-bond donors (Lipinski definition) is 3. The summed E-state index contributed by atoms with van der Waals surface area (Å²) < 4.78 is 6.04. The zero-order chi connectivity index (χ0) is 26.0. The molecule has 1 heterocycles. The van der Waals surface area contributed by atoms with E-state index in [1.165, 1.54) is 4.90 Å². The van der Waals surface area contributed by atoms with E-state index in [2.05, 4.69) is 16.0 Å². The van der Waals surface area contributed by atoms with Crippen LogP contribution in [0.1, 0.15) is 65.9 Å². The van der Waals surface area contributed by atoms with Crippen molar-refractivity contribution in [2.45, 2.75) is 90.9 Å². The molecule has 3 amide bonds. The Morgan fingerprint density at radius 2 is 1.77 bits per heavy atom. The molecule has 196 valence electrons. The average molecular weight is 489 g/mol. The molecule has 0 spiro atoms. The smallest absolute Gasteiger partial charge is 0.243 e. The van der Waals surface area contributed by atoms with Crippen molar-refractivity contribution in [2.75, 3.05) is 20.2 Å². The van der Waals surface area contributed by atoms with E-state index in [4.69, 9.17) is 4.74 Å². The number of nitrogens with one attached hydrogen (secondary N) is 3. The molecule has 3 N–H and O–H groups in total. The third kappa shape index (κ3) is 8.84. The Kier molecular flexibility index (Phi) is 11.5. The molecule has 0 saturated carbocycles. The van der Waals surface area contributed by atoms with Crippen LogP contribution in [0.25, 0.3) is 0 Å². The SMILES string of the molecule is CCC[C@@H]1NCCOc2ccccc2CC[C@H](C)NC(=O)[C@@H](CC(C)C)NC(=O)[C@@H](C)N(C)C1=O. The number of carbonyl (C=O) groups excluding carboxylic acids is 3. The van der Waals surface area contributed by atoms with Gasteiger partial charge in [-0.1, -0.05) is 45.4 Å². The average Bonchev–Trinajstić information content (AvgIpc) is 2.82. The molecule has 0 radical (unpaired) electrons. The quantitative estimate of drug-likeness (QED) is 0.605. The molecular formula is C27H44N4O4. The number of carbonyl (C=O) groups is 3. The Labute approximate surface area is 210 Å². The van der Waals surface area contributed by atoms with Crippen molar-refractivity contribution in [1.82, 2.24) is 20.9 Å². The molecule has 8 heteroatoms. The summed E-state index contributed by atoms with van der Waals surface area (Å²) in [6.45, 7) is 10.7. The molecule has 0 saturated heterocycles. The molecule has 8 nitrogen and oxygen atoms in total. The minimum Gasteiger partial charge on any atom is -0.492 e. The Balaban J connectivity index is 2.29. The third-order valence-electron chi connectivity index (χ3n) is 6.48. The van der Waals surface area contributed by atoms with Gasteiger partial charge < -0.3 is 25.6 Å². The number of amides is 3. The number of hydrogen-bond acceptors (Lipinski definition) is 5. The lowest BCUT2D eigenvalue weighted by Crippen LogP contribution is -2.56. The number of benzene rings is 1. The van der Waals surface area contributed by atoms with E-state index in [-0.39, 0.29) is 29.7 Å². The fourth-order valence-electron chi connectivity index (χ4n) is 4.24. The lowest BCUT2D eigenvalue weighted by atomic mass is 10.0. The van der Waals surface area contributed by atoms with Gasteiger partial charge in [0.25, 0.3) is 0 Å². The maximum atomic E-state index is 13.2. The van der Waals surface area contributed by atoms with Crippen LogP contribution >= 0.6 is 0 Å². The maximum absolute atomic E-state index is 13.2. The monoisotopic (exact) mass is 488 g/mol. The van der Waals surface area contributed by atoms with Crippen molar-refractivity contribution < 1.29 is 19.1 Å². The molecule has 1 aliphatic rings. The van der Waals surface area contributed by atoms with Gasteiger partial charge in [0.2, 0.25) is 17.7 Å². The molecule has 0 fully saturated rings. The number of aryl methyl sites for hydroxylation is 1. The molecule has 1 aromatic rings. The van der Waals surface area contributed by atoms with Crippen LogP contribution in [0.3, 0.4) is 0 Å². The highest BCUT2D eigenvalue weighted by atomic mass is 16.5. The van der Waals surface area contributed by atoms with Gasteiger partial charge in [-0.25, -0.2) is 0 Å². The van der Waals surface area contributed by atoms with Crippen molar-refractivity contribution in [3.8, 4) is 5.75 Å². The summed E-state index contributed by atoms with van der Waals surface area (Å²) in [6, 6.07) is 6.08. The van der Waals surface area contributed by atoms with Gasteiger partial charge in [0.1, 0.15) is 24.4 Å². The highest BCUT2D eigenvalue weighted by molar-refractivity contribution is 5.92. The first kappa shape index (κ1) is 28.6. The zero-order valence-electron chi connectivity index (χ0n) is 22.2. The van der Waals surface area contributed by atoms with Gasteiger partial charge in [-0.3, -0.25) is 14.4 Å². The van der Waals surface area contributed by atoms with E-state index in [0.29, 0.717) is 26.0 Å². The molecule has 0 bridgehead atoms. The topological polar surface area (TPSA) is 99.8 Å². The summed E-state index contributed by atoms with van der Waals surface area (Å²) in [7, 11) is 1.64. The fraction of sp³-hybridized carbons (Fsp3) is 0.667. The standard InChI is InChI=1S/C27H44N4O4/c1-7-10-22-27(34)31(6)20(5)25(32)30-23(17-18(2)3)26(33)29-19(4)13-14-21-11-8-9-12-24(21)35-16-15-28-22/h8-9,11-12,18-20,22-23,28H,7,10,13-17H2,1-6H3,(H,29,33)(H,30,32)/t19-,20+,22-,23+/m0/s1. The number of fused-ring (bicyclic) bond motifs is 1. The summed E-state index contributed by atoms with van der Waals surface area (Å²) >= 11 is 0. The zero-order valence-corrected chi connectivity index (χ0v) is 22.2. The van der Waals surface area contributed by atoms with Gasteiger partial charge in [0, 0.05) is 19.6 Å². The van der Waals surface area contributed by atoms with E-state index in [9.17, 15) is 14.4 Å². The second-order valence-electron chi connectivity index (χ2n) is 10.0. The Morgan fingerprint density at radius 3 is 2.46 bits per heavy atom. The minimum atomic E-state index is -0.703. The van der Waals surface area contributed by atoms with Crippen LogP contribution in [0.4, 0.5) is 0 Å². The van der Waals surface area contributed by atoms with E-state index in [1.54, 1.807) is 14.0 Å². The first-order chi connectivity index (χ1) is 16.6. The lowest BCUT2D eigenvalue weighted by molar-refractivity contribution is -0.141. The molecule has 1 aliphatic heterocycles. The predicted molar refractivity (Wildman–Crippen MR) is 138 cm³/mol. The lowest BCUT2D eigenvalue weighted by Gasteiger charge is -2.30. The van der Waals surface area contributed by atoms with Gasteiger partial charge in [-0.15, -0.1) is 0 Å². The maximum Gasteiger partial charge on any atom is 0.243 e. The van der Waals surface area contributed by atoms with Gasteiger partial charge >= 0.3 is 0 Å². The summed E-state index contributed by atoms with van der Waals surface area (Å²) in [5, 5.41) is 9.27. The first-order valence-electron chi connectivity index (χ1n) is 13.0. The summed E-state index contributed by atoms with van der Waals surface area (Å²) in [4.78, 5) is 40.8. The van der Waals surface area contributed by atoms with E-state index < -0.39 is 18.1 Å². The van der Waals surface area contributed by atoms with Crippen molar-refractivity contribution in [3.05, 3.63) is 29.8 Å². The second-order valence-corrected chi connectivity index (χ2v) is 10.0. The molecule has 2 rings (SSSR count). The molecule has 0 unspecified atom stereocenters. The highest BCUT2D eigenvalue weighted by Crippen LogP contribution is 2.20. The summed E-state index contributed by atoms with van der Waals surface area (Å²) in [5.41, 5.74) is 1.08. The molecular weight excluding hydrogens is 444 g/mol. The molecule has 0 aromatic heterocycles. The fourth-order valence-corrected chi connectivity index (χ4v) is 4.24. The predicted octanol–water partition coefficient (Wildman–Crippen LogP) is 2.65. The number of para-hydroxylation sites is 1. The third-order valence-corrected chi connectivity index (χ3v) is 6.48. The number of ether oxygens (including phenoxy) is 1. The second kappa shape index (κ2) is 14.1. The van der Waals surface area contributed by atoms with E-state index in [0.717, 1.165) is 30.6 Å². The Hall–Kier alpha value is -2.61. The molecule has 4 atom stereocenters. The van der Waals surface area contributed by atoms with Gasteiger partial charge in [0.05, 0.1) is 6.04 Å². The van der Waals surface area contributed by atoms with E-state index >= 15 is 0 Å². The Bertz CT molecular complexity index is 844. The number of nitrogens with zero attached hydrogens (tertiary/aromatic N) is 1. The molecule has 35 heavy (non-hydrogen) atoms. The largest absolute Gasteiger partial charge is 0.492 e. The van der Waals surface area contributed by atoms with Crippen LogP contribution in [-0.2, 0) is 20.8 Å². The minimum absolute atomic E-state index is 0.0702. The number of likely N-dealkylation sites (N-methyl/N-ethyl adjacent to an activating group) is 1. The highest BCUT2D eigenvalue weighted by Gasteiger charge is 2.31. The van der Waals surface area contributed by atoms with Gasteiger partial charge in [-0.2, -0.15) is 0 Å². The number of rotatable bonds is 4. The first-order valence-corrected chi connectivity index (χ1v) is 13.0. The van der Waals surface area contributed by atoms with Crippen LogP contribution in [-0.4, -0.2) is 67.0 Å². The van der Waals surface area contributed by atoms with E-state index in [1.807, 2.05) is 52.0 Å². The van der Waals surface area contributed by atoms with Crippen LogP contribution in [0.15, 0.2) is 24.3 Å². The van der Waals surface area contributed by atoms with Crippen LogP contribution < -0.4 is 20.7 Å². The van der Waals surface area contributed by atoms with Crippen LogP contribution in [0.2, 0.25) is 0 Å². The molecule has 1 aromatic carbocycles. The van der Waals surface area contributed by atoms with Crippen LogP contribution in [0, 0.1) is 5.92 Å². The van der Waals surface area contributed by atoms with Gasteiger partial charge in [-0.05, 0) is 57.1 Å². The molecule has 0 aliphatic carbocycles. The van der Waals surface area contributed by atoms with Crippen molar-refractivity contribution in [1.29, 1.82) is 0 Å². The van der Waals surface area contributed by atoms with Crippen LogP contribution in [0.5, 0.6) is 5.75 Å². The van der Waals surface area contributed by atoms with Crippen molar-refractivity contribution >= 4 is 17.7 Å². The summed E-state index contributed by atoms with van der Waals surface area (Å²) in [5.74, 6) is 0.369. The summed E-state index contributed by atoms with van der Waals surface area (Å²) in [6.07, 6.45) is 3.51. The van der Waals surface area contributed by atoms with Gasteiger partial charge in [0.15, 0.2) is 0 Å². The normalized spacial score (nSPS) is 25.7. The Morgan fingerprint density at radius 1 is 1.06 bits per heavy atom. The van der Waals surface area contributed by atoms with Crippen molar-refractivity contribution in [2.24, 2.45) is 5.92 Å². The van der Waals surface area contributed by atoms with Crippen molar-refractivity contribution in [3.63, 3.8) is 0 Å².